The molecule has 1 heterocycles. The standard InChI is InChI=1S/C11H25N3/c1-4-5-10(12)8-14-7-6-13-9-11(14,2)3/h10,13H,4-9,12H2,1-3H3. The SMILES string of the molecule is CCCC(N)CN1CCNCC1(C)C. The van der Waals surface area contributed by atoms with Crippen LogP contribution in [-0.2, 0) is 0 Å². The molecule has 1 unspecified atom stereocenters. The van der Waals surface area contributed by atoms with Gasteiger partial charge in [-0.05, 0) is 20.3 Å². The fourth-order valence-corrected chi connectivity index (χ4v) is 2.11. The number of nitrogens with two attached hydrogens (primary N) is 1. The zero-order chi connectivity index (χ0) is 10.6. The molecule has 1 atom stereocenters. The van der Waals surface area contributed by atoms with Gasteiger partial charge in [0.05, 0.1) is 0 Å². The molecule has 1 aliphatic heterocycles. The van der Waals surface area contributed by atoms with Crippen LogP contribution >= 0.6 is 0 Å². The quantitative estimate of drug-likeness (QED) is 0.703. The maximum Gasteiger partial charge on any atom is 0.0278 e. The predicted octanol–water partition coefficient (Wildman–Crippen LogP) is 0.798. The second-order valence-corrected chi connectivity index (χ2v) is 4.98. The van der Waals surface area contributed by atoms with Crippen LogP contribution in [0.15, 0.2) is 0 Å². The van der Waals surface area contributed by atoms with Gasteiger partial charge >= 0.3 is 0 Å². The fraction of sp³-hybridized carbons (Fsp3) is 1.00. The summed E-state index contributed by atoms with van der Waals surface area (Å²) >= 11 is 0. The van der Waals surface area contributed by atoms with Crippen molar-refractivity contribution < 1.29 is 0 Å². The molecule has 0 radical (unpaired) electrons. The lowest BCUT2D eigenvalue weighted by molar-refractivity contribution is 0.0829. The highest BCUT2D eigenvalue weighted by Gasteiger charge is 2.29. The third kappa shape index (κ3) is 3.23. The van der Waals surface area contributed by atoms with Crippen molar-refractivity contribution in [3.63, 3.8) is 0 Å². The molecule has 1 rings (SSSR count). The van der Waals surface area contributed by atoms with E-state index < -0.39 is 0 Å². The van der Waals surface area contributed by atoms with Crippen LogP contribution in [0.5, 0.6) is 0 Å². The first-order chi connectivity index (χ1) is 6.56. The largest absolute Gasteiger partial charge is 0.327 e. The monoisotopic (exact) mass is 199 g/mol. The molecule has 84 valence electrons. The van der Waals surface area contributed by atoms with Gasteiger partial charge in [-0.2, -0.15) is 0 Å². The average molecular weight is 199 g/mol. The topological polar surface area (TPSA) is 41.3 Å². The zero-order valence-electron chi connectivity index (χ0n) is 9.84. The predicted molar refractivity (Wildman–Crippen MR) is 61.4 cm³/mol. The van der Waals surface area contributed by atoms with E-state index in [1.165, 1.54) is 6.42 Å². The number of hydrogen-bond acceptors (Lipinski definition) is 3. The highest BCUT2D eigenvalue weighted by molar-refractivity contribution is 4.89. The van der Waals surface area contributed by atoms with Gasteiger partial charge in [0.25, 0.3) is 0 Å². The Morgan fingerprint density at radius 1 is 1.50 bits per heavy atom. The van der Waals surface area contributed by atoms with Crippen LogP contribution in [0.3, 0.4) is 0 Å². The fourth-order valence-electron chi connectivity index (χ4n) is 2.11. The van der Waals surface area contributed by atoms with Crippen molar-refractivity contribution in [3.8, 4) is 0 Å². The highest BCUT2D eigenvalue weighted by atomic mass is 15.3. The third-order valence-electron chi connectivity index (χ3n) is 3.09. The van der Waals surface area contributed by atoms with Gasteiger partial charge in [0.1, 0.15) is 0 Å². The molecule has 0 aromatic rings. The van der Waals surface area contributed by atoms with Crippen LogP contribution in [0, 0.1) is 0 Å². The second-order valence-electron chi connectivity index (χ2n) is 4.98. The molecule has 0 saturated carbocycles. The molecule has 0 aromatic carbocycles. The molecule has 0 spiro atoms. The van der Waals surface area contributed by atoms with Crippen LogP contribution in [0.1, 0.15) is 33.6 Å². The normalized spacial score (nSPS) is 24.9. The maximum atomic E-state index is 6.07. The molecule has 1 saturated heterocycles. The van der Waals surface area contributed by atoms with Crippen molar-refractivity contribution >= 4 is 0 Å². The summed E-state index contributed by atoms with van der Waals surface area (Å²) in [6.07, 6.45) is 2.33. The van der Waals surface area contributed by atoms with Crippen LogP contribution < -0.4 is 11.1 Å². The van der Waals surface area contributed by atoms with Gasteiger partial charge in [-0.25, -0.2) is 0 Å². The number of hydrogen-bond donors (Lipinski definition) is 2. The molecule has 3 heteroatoms. The van der Waals surface area contributed by atoms with E-state index in [0.717, 1.165) is 32.6 Å². The van der Waals surface area contributed by atoms with E-state index in [9.17, 15) is 0 Å². The molecule has 3 N–H and O–H groups in total. The molecule has 0 aromatic heterocycles. The Balaban J connectivity index is 2.41. The van der Waals surface area contributed by atoms with E-state index in [4.69, 9.17) is 5.73 Å². The van der Waals surface area contributed by atoms with Crippen molar-refractivity contribution in [2.24, 2.45) is 5.73 Å². The third-order valence-corrected chi connectivity index (χ3v) is 3.09. The molecular weight excluding hydrogens is 174 g/mol. The van der Waals surface area contributed by atoms with E-state index in [-0.39, 0.29) is 5.54 Å². The van der Waals surface area contributed by atoms with Crippen molar-refractivity contribution in [1.29, 1.82) is 0 Å². The minimum Gasteiger partial charge on any atom is -0.327 e. The summed E-state index contributed by atoms with van der Waals surface area (Å²) in [4.78, 5) is 2.52. The molecule has 1 aliphatic rings. The lowest BCUT2D eigenvalue weighted by atomic mass is 9.99. The smallest absolute Gasteiger partial charge is 0.0278 e. The van der Waals surface area contributed by atoms with Gasteiger partial charge in [-0.3, -0.25) is 4.90 Å². The van der Waals surface area contributed by atoms with Crippen LogP contribution in [0.2, 0.25) is 0 Å². The van der Waals surface area contributed by atoms with Crippen LogP contribution in [0.25, 0.3) is 0 Å². The summed E-state index contributed by atoms with van der Waals surface area (Å²) in [5, 5.41) is 3.43. The Morgan fingerprint density at radius 3 is 2.79 bits per heavy atom. The lowest BCUT2D eigenvalue weighted by Gasteiger charge is -2.44. The van der Waals surface area contributed by atoms with Gasteiger partial charge in [0.15, 0.2) is 0 Å². The summed E-state index contributed by atoms with van der Waals surface area (Å²) in [6, 6.07) is 0.345. The van der Waals surface area contributed by atoms with Gasteiger partial charge in [0, 0.05) is 37.8 Å². The average Bonchev–Trinajstić information content (AvgIpc) is 2.09. The minimum atomic E-state index is 0.267. The summed E-state index contributed by atoms with van der Waals surface area (Å²) in [5.74, 6) is 0. The van der Waals surface area contributed by atoms with Crippen molar-refractivity contribution in [2.75, 3.05) is 26.2 Å². The number of rotatable bonds is 4. The molecule has 14 heavy (non-hydrogen) atoms. The summed E-state index contributed by atoms with van der Waals surface area (Å²) in [6.45, 7) is 11.1. The summed E-state index contributed by atoms with van der Waals surface area (Å²) in [7, 11) is 0. The molecular formula is C11H25N3. The first-order valence-corrected chi connectivity index (χ1v) is 5.77. The zero-order valence-corrected chi connectivity index (χ0v) is 9.84. The van der Waals surface area contributed by atoms with Crippen molar-refractivity contribution in [2.45, 2.75) is 45.2 Å². The first-order valence-electron chi connectivity index (χ1n) is 5.77. The Morgan fingerprint density at radius 2 is 2.21 bits per heavy atom. The number of piperazine rings is 1. The Hall–Kier alpha value is -0.120. The maximum absolute atomic E-state index is 6.07. The second kappa shape index (κ2) is 5.10. The molecule has 0 aliphatic carbocycles. The molecule has 0 amide bonds. The number of nitrogens with zero attached hydrogens (tertiary/aromatic N) is 1. The Labute approximate surface area is 88.0 Å². The molecule has 3 nitrogen and oxygen atoms in total. The van der Waals surface area contributed by atoms with Crippen molar-refractivity contribution in [1.82, 2.24) is 10.2 Å². The van der Waals surface area contributed by atoms with Gasteiger partial charge in [0.2, 0.25) is 0 Å². The van der Waals surface area contributed by atoms with Gasteiger partial charge in [-0.1, -0.05) is 13.3 Å². The van der Waals surface area contributed by atoms with Gasteiger partial charge in [-0.15, -0.1) is 0 Å². The van der Waals surface area contributed by atoms with Gasteiger partial charge < -0.3 is 11.1 Å². The van der Waals surface area contributed by atoms with E-state index >= 15 is 0 Å². The van der Waals surface area contributed by atoms with E-state index in [2.05, 4.69) is 31.0 Å². The van der Waals surface area contributed by atoms with Crippen molar-refractivity contribution in [3.05, 3.63) is 0 Å². The molecule has 0 bridgehead atoms. The molecule has 1 fully saturated rings. The first kappa shape index (κ1) is 12.0. The van der Waals surface area contributed by atoms with E-state index in [0.29, 0.717) is 6.04 Å². The van der Waals surface area contributed by atoms with E-state index in [1.807, 2.05) is 0 Å². The minimum absolute atomic E-state index is 0.267. The Bertz CT molecular complexity index is 168. The Kier molecular flexibility index (Phi) is 4.35. The van der Waals surface area contributed by atoms with Crippen LogP contribution in [0.4, 0.5) is 0 Å². The van der Waals surface area contributed by atoms with E-state index in [1.54, 1.807) is 0 Å². The summed E-state index contributed by atoms with van der Waals surface area (Å²) in [5.41, 5.74) is 6.34. The van der Waals surface area contributed by atoms with Crippen LogP contribution in [-0.4, -0.2) is 42.7 Å². The highest BCUT2D eigenvalue weighted by Crippen LogP contribution is 2.16. The lowest BCUT2D eigenvalue weighted by Crippen LogP contribution is -2.60. The number of nitrogens with one attached hydrogen (secondary N) is 1. The summed E-state index contributed by atoms with van der Waals surface area (Å²) < 4.78 is 0.